The van der Waals surface area contributed by atoms with Gasteiger partial charge in [-0.3, -0.25) is 4.79 Å². The number of sulfone groups is 1. The summed E-state index contributed by atoms with van der Waals surface area (Å²) in [7, 11) is -0.636. The number of ether oxygens (including phenoxy) is 2. The molecule has 0 aliphatic carbocycles. The summed E-state index contributed by atoms with van der Waals surface area (Å²) in [6.07, 6.45) is -2.51. The molecular formula is C21H20F3N3O5S. The first-order chi connectivity index (χ1) is 15.4. The average Bonchev–Trinajstić information content (AvgIpc) is 2.75. The molecule has 3 rings (SSSR count). The van der Waals surface area contributed by atoms with Gasteiger partial charge in [0.2, 0.25) is 0 Å². The molecule has 0 atom stereocenters. The van der Waals surface area contributed by atoms with Crippen LogP contribution in [0, 0.1) is 0 Å². The monoisotopic (exact) mass is 483 g/mol. The topological polar surface area (TPSA) is 99.5 Å². The molecule has 1 aromatic heterocycles. The van der Waals surface area contributed by atoms with E-state index in [-0.39, 0.29) is 21.8 Å². The highest BCUT2D eigenvalue weighted by atomic mass is 32.2. The fraction of sp³-hybridized carbons (Fsp3) is 0.238. The maximum Gasteiger partial charge on any atom is 0.408 e. The Morgan fingerprint density at radius 2 is 1.73 bits per heavy atom. The number of alkyl halides is 3. The molecule has 3 aromatic rings. The zero-order valence-electron chi connectivity index (χ0n) is 17.8. The Hall–Kier alpha value is -3.54. The van der Waals surface area contributed by atoms with Crippen molar-refractivity contribution in [2.75, 3.05) is 25.8 Å². The normalized spacial score (nSPS) is 11.8. The van der Waals surface area contributed by atoms with Crippen LogP contribution in [0.4, 0.5) is 24.5 Å². The lowest BCUT2D eigenvalue weighted by Gasteiger charge is -2.17. The number of nitrogens with zero attached hydrogens (tertiary/aromatic N) is 2. The number of nitrogens with one attached hydrogen (secondary N) is 1. The lowest BCUT2D eigenvalue weighted by molar-refractivity contribution is -0.143. The molecule has 0 radical (unpaired) electrons. The summed E-state index contributed by atoms with van der Waals surface area (Å²) < 4.78 is 73.1. The van der Waals surface area contributed by atoms with Crippen molar-refractivity contribution >= 4 is 21.2 Å². The van der Waals surface area contributed by atoms with E-state index < -0.39 is 28.1 Å². The number of methoxy groups -OCH3 is 2. The van der Waals surface area contributed by atoms with Crippen LogP contribution in [0.3, 0.4) is 0 Å². The third-order valence-corrected chi connectivity index (χ3v) is 5.76. The van der Waals surface area contributed by atoms with E-state index in [9.17, 15) is 26.4 Å². The van der Waals surface area contributed by atoms with E-state index in [1.165, 1.54) is 44.6 Å². The third-order valence-electron chi connectivity index (χ3n) is 4.63. The Morgan fingerprint density at radius 3 is 2.27 bits per heavy atom. The molecular weight excluding hydrogens is 463 g/mol. The second kappa shape index (κ2) is 9.14. The Morgan fingerprint density at radius 1 is 1.06 bits per heavy atom. The second-order valence-corrected chi connectivity index (χ2v) is 9.01. The van der Waals surface area contributed by atoms with Gasteiger partial charge in [0, 0.05) is 17.9 Å². The van der Waals surface area contributed by atoms with Crippen molar-refractivity contribution in [1.29, 1.82) is 0 Å². The summed E-state index contributed by atoms with van der Waals surface area (Å²) in [6, 6.07) is 10.2. The van der Waals surface area contributed by atoms with Gasteiger partial charge in [0.25, 0.3) is 5.56 Å². The number of benzene rings is 2. The Bertz CT molecular complexity index is 1320. The Balaban J connectivity index is 2.19. The van der Waals surface area contributed by atoms with Crippen molar-refractivity contribution < 1.29 is 31.1 Å². The van der Waals surface area contributed by atoms with Crippen molar-refractivity contribution in [3.8, 4) is 22.6 Å². The maximum absolute atomic E-state index is 13.0. The maximum atomic E-state index is 13.0. The molecule has 176 valence electrons. The summed E-state index contributed by atoms with van der Waals surface area (Å²) in [5.74, 6) is 0.731. The van der Waals surface area contributed by atoms with Crippen LogP contribution in [0.25, 0.3) is 11.1 Å². The van der Waals surface area contributed by atoms with E-state index >= 15 is 0 Å². The molecule has 0 saturated heterocycles. The predicted molar refractivity (Wildman–Crippen MR) is 116 cm³/mol. The molecule has 0 bridgehead atoms. The van der Waals surface area contributed by atoms with Crippen LogP contribution in [0.1, 0.15) is 0 Å². The molecule has 0 saturated carbocycles. The number of aromatic nitrogens is 2. The molecule has 8 nitrogen and oxygen atoms in total. The standard InChI is InChI=1S/C21H20F3N3O5S/c1-31-14-6-9-18(32-2)17(10-14)26-19-16(11-25-27(20(19)28)12-21(22,23)24)13-4-7-15(8-5-13)33(3,29)30/h4-11,26H,12H2,1-3H3. The van der Waals surface area contributed by atoms with E-state index in [2.05, 4.69) is 10.4 Å². The zero-order valence-corrected chi connectivity index (χ0v) is 18.6. The fourth-order valence-electron chi connectivity index (χ4n) is 3.04. The van der Waals surface area contributed by atoms with Crippen LogP contribution >= 0.6 is 0 Å². The SMILES string of the molecule is COc1ccc(OC)c(Nc2c(-c3ccc(S(C)(=O)=O)cc3)cnn(CC(F)(F)F)c2=O)c1. The van der Waals surface area contributed by atoms with Crippen molar-refractivity contribution in [2.45, 2.75) is 17.6 Å². The minimum absolute atomic E-state index is 0.0496. The highest BCUT2D eigenvalue weighted by Gasteiger charge is 2.30. The molecule has 0 unspecified atom stereocenters. The molecule has 2 aromatic carbocycles. The highest BCUT2D eigenvalue weighted by Crippen LogP contribution is 2.34. The van der Waals surface area contributed by atoms with Gasteiger partial charge < -0.3 is 14.8 Å². The molecule has 0 aliphatic heterocycles. The van der Waals surface area contributed by atoms with E-state index in [0.29, 0.717) is 21.7 Å². The molecule has 0 amide bonds. The number of halogens is 3. The lowest BCUT2D eigenvalue weighted by atomic mass is 10.1. The van der Waals surface area contributed by atoms with Gasteiger partial charge in [-0.1, -0.05) is 12.1 Å². The van der Waals surface area contributed by atoms with Gasteiger partial charge in [0.15, 0.2) is 9.84 Å². The van der Waals surface area contributed by atoms with Crippen LogP contribution in [0.15, 0.2) is 58.4 Å². The summed E-state index contributed by atoms with van der Waals surface area (Å²) in [5, 5.41) is 6.50. The van der Waals surface area contributed by atoms with Crippen LogP contribution in [0.2, 0.25) is 0 Å². The molecule has 0 aliphatic rings. The molecule has 1 heterocycles. The van der Waals surface area contributed by atoms with Gasteiger partial charge in [-0.2, -0.15) is 18.3 Å². The van der Waals surface area contributed by atoms with Crippen molar-refractivity contribution in [3.63, 3.8) is 0 Å². The minimum Gasteiger partial charge on any atom is -0.497 e. The predicted octanol–water partition coefficient (Wildman–Crippen LogP) is 3.64. The smallest absolute Gasteiger partial charge is 0.408 e. The molecule has 33 heavy (non-hydrogen) atoms. The van der Waals surface area contributed by atoms with Gasteiger partial charge in [-0.15, -0.1) is 0 Å². The van der Waals surface area contributed by atoms with Gasteiger partial charge in [-0.05, 0) is 29.8 Å². The highest BCUT2D eigenvalue weighted by molar-refractivity contribution is 7.90. The Kier molecular flexibility index (Phi) is 6.68. The number of rotatable bonds is 7. The van der Waals surface area contributed by atoms with Crippen molar-refractivity contribution in [3.05, 3.63) is 59.0 Å². The van der Waals surface area contributed by atoms with E-state index in [1.54, 1.807) is 12.1 Å². The second-order valence-electron chi connectivity index (χ2n) is 7.00. The summed E-state index contributed by atoms with van der Waals surface area (Å²) in [6.45, 7) is -1.58. The van der Waals surface area contributed by atoms with Gasteiger partial charge in [-0.25, -0.2) is 13.1 Å². The van der Waals surface area contributed by atoms with Crippen LogP contribution in [-0.2, 0) is 16.4 Å². The Labute approximate surface area is 187 Å². The first kappa shape index (κ1) is 24.1. The molecule has 1 N–H and O–H groups in total. The molecule has 12 heteroatoms. The van der Waals surface area contributed by atoms with Crippen molar-refractivity contribution in [1.82, 2.24) is 9.78 Å². The van der Waals surface area contributed by atoms with Gasteiger partial charge >= 0.3 is 6.18 Å². The largest absolute Gasteiger partial charge is 0.497 e. The van der Waals surface area contributed by atoms with E-state index in [0.717, 1.165) is 12.5 Å². The minimum atomic E-state index is -4.67. The summed E-state index contributed by atoms with van der Waals surface area (Å²) in [4.78, 5) is 13.0. The van der Waals surface area contributed by atoms with E-state index in [4.69, 9.17) is 9.47 Å². The zero-order chi connectivity index (χ0) is 24.4. The quantitative estimate of drug-likeness (QED) is 0.548. The lowest BCUT2D eigenvalue weighted by Crippen LogP contribution is -2.31. The molecule has 0 fully saturated rings. The number of hydrogen-bond acceptors (Lipinski definition) is 7. The number of anilines is 2. The van der Waals surface area contributed by atoms with Gasteiger partial charge in [0.05, 0.1) is 31.0 Å². The summed E-state index contributed by atoms with van der Waals surface area (Å²) >= 11 is 0. The van der Waals surface area contributed by atoms with Crippen LogP contribution < -0.4 is 20.3 Å². The summed E-state index contributed by atoms with van der Waals surface area (Å²) in [5.41, 5.74) is -0.415. The van der Waals surface area contributed by atoms with Crippen LogP contribution in [-0.4, -0.2) is 44.8 Å². The van der Waals surface area contributed by atoms with E-state index in [1.807, 2.05) is 0 Å². The van der Waals surface area contributed by atoms with Crippen molar-refractivity contribution in [2.24, 2.45) is 0 Å². The first-order valence-electron chi connectivity index (χ1n) is 9.39. The molecule has 0 spiro atoms. The third kappa shape index (κ3) is 5.64. The fourth-order valence-corrected chi connectivity index (χ4v) is 3.67. The van der Waals surface area contributed by atoms with Gasteiger partial charge in [0.1, 0.15) is 23.7 Å². The first-order valence-corrected chi connectivity index (χ1v) is 11.3. The average molecular weight is 483 g/mol. The van der Waals surface area contributed by atoms with Crippen LogP contribution in [0.5, 0.6) is 11.5 Å². The number of hydrogen-bond donors (Lipinski definition) is 1.